The number of carbonyl (C=O) groups excluding carboxylic acids is 1. The molecular weight excluding hydrogens is 354 g/mol. The second-order valence-electron chi connectivity index (χ2n) is 6.09. The van der Waals surface area contributed by atoms with Gasteiger partial charge in [-0.15, -0.1) is 24.8 Å². The number of halogens is 3. The van der Waals surface area contributed by atoms with E-state index in [0.29, 0.717) is 18.5 Å². The molecule has 0 atom stereocenters. The number of nitrogens with two attached hydrogens (primary N) is 1. The summed E-state index contributed by atoms with van der Waals surface area (Å²) in [4.78, 5) is 16.6. The van der Waals surface area contributed by atoms with Crippen molar-refractivity contribution in [2.75, 3.05) is 6.54 Å². The van der Waals surface area contributed by atoms with Crippen LogP contribution in [0.3, 0.4) is 0 Å². The van der Waals surface area contributed by atoms with Crippen molar-refractivity contribution in [3.05, 3.63) is 29.8 Å². The quantitative estimate of drug-likeness (QED) is 0.860. The zero-order valence-corrected chi connectivity index (χ0v) is 15.2. The minimum atomic E-state index is -0.699. The lowest BCUT2D eigenvalue weighted by Gasteiger charge is -2.22. The summed E-state index contributed by atoms with van der Waals surface area (Å²) in [7, 11) is 1.89. The SMILES string of the molecule is Cl.Cl.Cn1c(CCNC(=O)C2(N)CCCC2)nc2cc(F)ccc21. The van der Waals surface area contributed by atoms with Crippen molar-refractivity contribution in [2.45, 2.75) is 37.6 Å². The summed E-state index contributed by atoms with van der Waals surface area (Å²) in [6, 6.07) is 4.56. The first kappa shape index (κ1) is 20.7. The normalized spacial score (nSPS) is 15.6. The van der Waals surface area contributed by atoms with Crippen molar-refractivity contribution in [1.82, 2.24) is 14.9 Å². The average Bonchev–Trinajstić information content (AvgIpc) is 3.05. The highest BCUT2D eigenvalue weighted by Gasteiger charge is 2.36. The van der Waals surface area contributed by atoms with Gasteiger partial charge >= 0.3 is 0 Å². The highest BCUT2D eigenvalue weighted by atomic mass is 35.5. The number of hydrogen-bond acceptors (Lipinski definition) is 3. The van der Waals surface area contributed by atoms with E-state index in [9.17, 15) is 9.18 Å². The van der Waals surface area contributed by atoms with Crippen LogP contribution >= 0.6 is 24.8 Å². The van der Waals surface area contributed by atoms with E-state index in [1.165, 1.54) is 12.1 Å². The smallest absolute Gasteiger partial charge is 0.240 e. The molecule has 1 saturated carbocycles. The van der Waals surface area contributed by atoms with Crippen molar-refractivity contribution in [2.24, 2.45) is 12.8 Å². The van der Waals surface area contributed by atoms with E-state index in [0.717, 1.165) is 37.0 Å². The molecule has 5 nitrogen and oxygen atoms in total. The van der Waals surface area contributed by atoms with Gasteiger partial charge in [-0.05, 0) is 25.0 Å². The van der Waals surface area contributed by atoms with Crippen LogP contribution < -0.4 is 11.1 Å². The number of aryl methyl sites for hydroxylation is 1. The third-order valence-electron chi connectivity index (χ3n) is 4.52. The first-order valence-corrected chi connectivity index (χ1v) is 7.68. The maximum atomic E-state index is 13.2. The monoisotopic (exact) mass is 376 g/mol. The maximum Gasteiger partial charge on any atom is 0.240 e. The van der Waals surface area contributed by atoms with Crippen molar-refractivity contribution in [1.29, 1.82) is 0 Å². The number of benzene rings is 1. The molecule has 1 aromatic carbocycles. The number of hydrogen-bond donors (Lipinski definition) is 2. The number of rotatable bonds is 4. The van der Waals surface area contributed by atoms with Gasteiger partial charge in [0.2, 0.25) is 5.91 Å². The second-order valence-corrected chi connectivity index (χ2v) is 6.09. The van der Waals surface area contributed by atoms with Gasteiger partial charge in [-0.3, -0.25) is 4.79 Å². The minimum Gasteiger partial charge on any atom is -0.354 e. The van der Waals surface area contributed by atoms with Gasteiger partial charge < -0.3 is 15.6 Å². The fraction of sp³-hybridized carbons (Fsp3) is 0.500. The van der Waals surface area contributed by atoms with Gasteiger partial charge in [-0.1, -0.05) is 12.8 Å². The van der Waals surface area contributed by atoms with Gasteiger partial charge in [0, 0.05) is 26.1 Å². The van der Waals surface area contributed by atoms with Gasteiger partial charge in [-0.2, -0.15) is 0 Å². The van der Waals surface area contributed by atoms with Gasteiger partial charge in [0.1, 0.15) is 11.6 Å². The summed E-state index contributed by atoms with van der Waals surface area (Å²) < 4.78 is 15.2. The number of amides is 1. The molecule has 1 heterocycles. The Morgan fingerprint density at radius 3 is 2.71 bits per heavy atom. The molecule has 0 bridgehead atoms. The number of carbonyl (C=O) groups is 1. The van der Waals surface area contributed by atoms with E-state index < -0.39 is 5.54 Å². The lowest BCUT2D eigenvalue weighted by atomic mass is 9.98. The molecule has 1 amide bonds. The Bertz CT molecular complexity index is 713. The van der Waals surface area contributed by atoms with Crippen molar-refractivity contribution < 1.29 is 9.18 Å². The van der Waals surface area contributed by atoms with Crippen LogP contribution in [0.5, 0.6) is 0 Å². The third kappa shape index (κ3) is 3.99. The molecule has 1 aliphatic carbocycles. The van der Waals surface area contributed by atoms with E-state index in [-0.39, 0.29) is 36.5 Å². The molecule has 0 saturated heterocycles. The van der Waals surface area contributed by atoms with Crippen molar-refractivity contribution in [3.8, 4) is 0 Å². The van der Waals surface area contributed by atoms with Crippen molar-refractivity contribution in [3.63, 3.8) is 0 Å². The van der Waals surface area contributed by atoms with E-state index in [1.807, 2.05) is 11.6 Å². The summed E-state index contributed by atoms with van der Waals surface area (Å²) in [6.07, 6.45) is 4.13. The van der Waals surface area contributed by atoms with E-state index in [1.54, 1.807) is 6.07 Å². The molecule has 24 heavy (non-hydrogen) atoms. The number of nitrogens with zero attached hydrogens (tertiary/aromatic N) is 2. The van der Waals surface area contributed by atoms with Crippen LogP contribution in [0.25, 0.3) is 11.0 Å². The standard InChI is InChI=1S/C16H21FN4O.2ClH/c1-21-13-5-4-11(17)10-12(13)20-14(21)6-9-19-15(22)16(18)7-2-3-8-16;;/h4-5,10H,2-3,6-9,18H2,1H3,(H,19,22);2*1H. The Morgan fingerprint density at radius 1 is 1.38 bits per heavy atom. The highest BCUT2D eigenvalue weighted by Crippen LogP contribution is 2.27. The van der Waals surface area contributed by atoms with Crippen molar-refractivity contribution >= 4 is 41.8 Å². The van der Waals surface area contributed by atoms with Crippen LogP contribution in [0.2, 0.25) is 0 Å². The summed E-state index contributed by atoms with van der Waals surface area (Å²) in [5, 5.41) is 2.91. The summed E-state index contributed by atoms with van der Waals surface area (Å²) >= 11 is 0. The fourth-order valence-electron chi connectivity index (χ4n) is 3.14. The van der Waals surface area contributed by atoms with E-state index >= 15 is 0 Å². The van der Waals surface area contributed by atoms with Gasteiger partial charge in [0.15, 0.2) is 0 Å². The molecule has 1 aromatic heterocycles. The summed E-state index contributed by atoms with van der Waals surface area (Å²) in [6.45, 7) is 0.484. The first-order chi connectivity index (χ1) is 10.5. The number of imidazole rings is 1. The Kier molecular flexibility index (Phi) is 7.01. The largest absolute Gasteiger partial charge is 0.354 e. The molecule has 0 unspecified atom stereocenters. The molecule has 0 spiro atoms. The highest BCUT2D eigenvalue weighted by molar-refractivity contribution is 5.86. The number of fused-ring (bicyclic) bond motifs is 1. The Hall–Kier alpha value is -1.37. The van der Waals surface area contributed by atoms with Gasteiger partial charge in [0.05, 0.1) is 16.6 Å². The molecule has 2 aromatic rings. The van der Waals surface area contributed by atoms with Crippen LogP contribution in [0.1, 0.15) is 31.5 Å². The predicted molar refractivity (Wildman–Crippen MR) is 97.3 cm³/mol. The van der Waals surface area contributed by atoms with Crippen LogP contribution in [0.15, 0.2) is 18.2 Å². The lowest BCUT2D eigenvalue weighted by Crippen LogP contribution is -2.52. The number of aromatic nitrogens is 2. The number of nitrogens with one attached hydrogen (secondary N) is 1. The van der Waals surface area contributed by atoms with Crippen LogP contribution in [-0.2, 0) is 18.3 Å². The summed E-state index contributed by atoms with van der Waals surface area (Å²) in [5.74, 6) is 0.449. The topological polar surface area (TPSA) is 72.9 Å². The van der Waals surface area contributed by atoms with Gasteiger partial charge in [-0.25, -0.2) is 9.37 Å². The maximum absolute atomic E-state index is 13.2. The van der Waals surface area contributed by atoms with E-state index in [2.05, 4.69) is 10.3 Å². The Labute approximate surface area is 153 Å². The molecule has 134 valence electrons. The fourth-order valence-corrected chi connectivity index (χ4v) is 3.14. The zero-order chi connectivity index (χ0) is 15.7. The molecule has 0 aliphatic heterocycles. The van der Waals surface area contributed by atoms with Crippen LogP contribution in [0, 0.1) is 5.82 Å². The molecule has 1 aliphatic rings. The van der Waals surface area contributed by atoms with Crippen LogP contribution in [-0.4, -0.2) is 27.5 Å². The average molecular weight is 377 g/mol. The Morgan fingerprint density at radius 2 is 2.04 bits per heavy atom. The molecular formula is C16H23Cl2FN4O. The summed E-state index contributed by atoms with van der Waals surface area (Å²) in [5.41, 5.74) is 6.93. The first-order valence-electron chi connectivity index (χ1n) is 7.68. The van der Waals surface area contributed by atoms with Crippen LogP contribution in [0.4, 0.5) is 4.39 Å². The molecule has 3 rings (SSSR count). The third-order valence-corrected chi connectivity index (χ3v) is 4.52. The molecule has 3 N–H and O–H groups in total. The predicted octanol–water partition coefficient (Wildman–Crippen LogP) is 2.49. The zero-order valence-electron chi connectivity index (χ0n) is 13.5. The van der Waals surface area contributed by atoms with E-state index in [4.69, 9.17) is 5.73 Å². The molecule has 8 heteroatoms. The van der Waals surface area contributed by atoms with Gasteiger partial charge in [0.25, 0.3) is 0 Å². The molecule has 0 radical (unpaired) electrons. The lowest BCUT2D eigenvalue weighted by molar-refractivity contribution is -0.126. The molecule has 1 fully saturated rings. The Balaban J connectivity index is 0.00000144. The minimum absolute atomic E-state index is 0. The second kappa shape index (κ2) is 8.14.